The lowest BCUT2D eigenvalue weighted by molar-refractivity contribution is -0.0607. The van der Waals surface area contributed by atoms with Crippen LogP contribution in [0.25, 0.3) is 28.3 Å². The zero-order chi connectivity index (χ0) is 30.0. The molecule has 2 atom stereocenters. The molecule has 0 amide bonds. The lowest BCUT2D eigenvalue weighted by Crippen LogP contribution is -2.54. The minimum atomic E-state index is -0.754. The van der Waals surface area contributed by atoms with Gasteiger partial charge in [0.2, 0.25) is 11.8 Å². The first-order chi connectivity index (χ1) is 21.6. The fourth-order valence-electron chi connectivity index (χ4n) is 6.37. The van der Waals surface area contributed by atoms with Gasteiger partial charge in [-0.25, -0.2) is 9.67 Å². The summed E-state index contributed by atoms with van der Waals surface area (Å²) in [5, 5.41) is 25.5. The summed E-state index contributed by atoms with van der Waals surface area (Å²) in [5.74, 6) is 2.19. The number of nitrogens with zero attached hydrogens (tertiary/aromatic N) is 8. The molecule has 4 N–H and O–H groups in total. The van der Waals surface area contributed by atoms with Crippen molar-refractivity contribution in [1.82, 2.24) is 39.6 Å². The van der Waals surface area contributed by atoms with Crippen LogP contribution in [0.1, 0.15) is 18.9 Å². The zero-order valence-electron chi connectivity index (χ0n) is 24.7. The van der Waals surface area contributed by atoms with E-state index < -0.39 is 6.23 Å². The van der Waals surface area contributed by atoms with Gasteiger partial charge in [-0.05, 0) is 68.2 Å². The van der Waals surface area contributed by atoms with E-state index in [-0.39, 0.29) is 17.9 Å². The molecule has 0 bridgehead atoms. The highest BCUT2D eigenvalue weighted by molar-refractivity contribution is 5.90. The number of furan rings is 1. The van der Waals surface area contributed by atoms with Crippen LogP contribution in [0.15, 0.2) is 53.3 Å². The molecule has 1 aromatic carbocycles. The Morgan fingerprint density at radius 3 is 2.57 bits per heavy atom. The van der Waals surface area contributed by atoms with Crippen LogP contribution < -0.4 is 20.7 Å². The van der Waals surface area contributed by atoms with Crippen molar-refractivity contribution in [2.75, 3.05) is 70.2 Å². The van der Waals surface area contributed by atoms with Crippen LogP contribution in [0.5, 0.6) is 5.75 Å². The number of nitrogens with two attached hydrogens (primary N) is 1. The van der Waals surface area contributed by atoms with Gasteiger partial charge in [-0.1, -0.05) is 0 Å². The van der Waals surface area contributed by atoms with Crippen molar-refractivity contribution in [2.24, 2.45) is 5.92 Å². The van der Waals surface area contributed by atoms with Crippen molar-refractivity contribution in [3.63, 3.8) is 0 Å². The molecule has 7 rings (SSSR count). The highest BCUT2D eigenvalue weighted by Gasteiger charge is 2.37. The second-order valence-corrected chi connectivity index (χ2v) is 11.3. The third-order valence-corrected chi connectivity index (χ3v) is 8.70. The van der Waals surface area contributed by atoms with Crippen LogP contribution in [0.2, 0.25) is 0 Å². The summed E-state index contributed by atoms with van der Waals surface area (Å²) < 4.78 is 19.7. The molecule has 0 radical (unpaired) electrons. The van der Waals surface area contributed by atoms with Gasteiger partial charge in [0, 0.05) is 39.0 Å². The summed E-state index contributed by atoms with van der Waals surface area (Å²) in [5.41, 5.74) is 8.67. The third kappa shape index (κ3) is 5.45. The standard InChI is InChI=1S/C30H38N10O4/c1-42-17-18-43-22-6-4-21(5-7-22)37-12-14-38(15-13-37)29(41)25(20-8-10-32-11-9-20)39-28-23(19-33-39)27-34-26(24-3-2-16-44-24)36-40(27)30(31)35-28/h2-7,16,19-20,25,29,32,41H,8-15,17-18H2,1H3,(H2,31,35). The number of methoxy groups -OCH3 is 1. The number of nitrogens with one attached hydrogen (secondary N) is 1. The predicted molar refractivity (Wildman–Crippen MR) is 164 cm³/mol. The van der Waals surface area contributed by atoms with Crippen molar-refractivity contribution in [1.29, 1.82) is 0 Å². The number of rotatable bonds is 10. The van der Waals surface area contributed by atoms with Gasteiger partial charge in [-0.3, -0.25) is 4.90 Å². The van der Waals surface area contributed by atoms with E-state index in [9.17, 15) is 5.11 Å². The molecular weight excluding hydrogens is 564 g/mol. The highest BCUT2D eigenvalue weighted by atomic mass is 16.5. The number of aliphatic hydroxyl groups is 1. The number of aliphatic hydroxyl groups excluding tert-OH is 1. The SMILES string of the molecule is COCCOc1ccc(N2CCN(C(O)C(C3CCNCC3)n3ncc4c3nc(N)n3nc(-c5ccco5)nc43)CC2)cc1. The van der Waals surface area contributed by atoms with Gasteiger partial charge >= 0.3 is 0 Å². The van der Waals surface area contributed by atoms with E-state index in [0.717, 1.165) is 55.8 Å². The van der Waals surface area contributed by atoms with Gasteiger partial charge in [0.05, 0.1) is 30.5 Å². The number of anilines is 2. The maximum atomic E-state index is 12.0. The largest absolute Gasteiger partial charge is 0.491 e. The topological polar surface area (TPSA) is 157 Å². The van der Waals surface area contributed by atoms with Crippen LogP contribution in [0, 0.1) is 5.92 Å². The summed E-state index contributed by atoms with van der Waals surface area (Å²) in [4.78, 5) is 13.9. The van der Waals surface area contributed by atoms with Crippen molar-refractivity contribution in [3.05, 3.63) is 48.9 Å². The summed E-state index contributed by atoms with van der Waals surface area (Å²) in [6.45, 7) is 5.87. The monoisotopic (exact) mass is 602 g/mol. The van der Waals surface area contributed by atoms with E-state index in [1.165, 1.54) is 4.52 Å². The Morgan fingerprint density at radius 1 is 1.05 bits per heavy atom. The van der Waals surface area contributed by atoms with Crippen LogP contribution >= 0.6 is 0 Å². The minimum Gasteiger partial charge on any atom is -0.491 e. The molecule has 2 unspecified atom stereocenters. The number of ether oxygens (including phenoxy) is 2. The van der Waals surface area contributed by atoms with Gasteiger partial charge in [0.1, 0.15) is 18.6 Å². The minimum absolute atomic E-state index is 0.196. The number of hydrogen-bond donors (Lipinski definition) is 3. The van der Waals surface area contributed by atoms with Gasteiger partial charge < -0.3 is 34.9 Å². The van der Waals surface area contributed by atoms with Crippen molar-refractivity contribution in [2.45, 2.75) is 25.1 Å². The Bertz CT molecular complexity index is 1670. The smallest absolute Gasteiger partial charge is 0.225 e. The van der Waals surface area contributed by atoms with Gasteiger partial charge in [0.15, 0.2) is 17.1 Å². The number of piperidine rings is 1. The molecule has 44 heavy (non-hydrogen) atoms. The van der Waals surface area contributed by atoms with Gasteiger partial charge in [0.25, 0.3) is 0 Å². The third-order valence-electron chi connectivity index (χ3n) is 8.70. The van der Waals surface area contributed by atoms with Gasteiger partial charge in [-0.15, -0.1) is 5.10 Å². The maximum Gasteiger partial charge on any atom is 0.225 e. The van der Waals surface area contributed by atoms with Crippen LogP contribution in [-0.4, -0.2) is 105 Å². The van der Waals surface area contributed by atoms with Crippen LogP contribution in [0.4, 0.5) is 11.6 Å². The molecule has 6 heterocycles. The number of hydrogen-bond acceptors (Lipinski definition) is 12. The molecule has 2 aliphatic rings. The van der Waals surface area contributed by atoms with E-state index >= 15 is 0 Å². The Labute approximate surface area is 254 Å². The van der Waals surface area contributed by atoms with Crippen molar-refractivity contribution >= 4 is 28.3 Å². The van der Waals surface area contributed by atoms with Crippen molar-refractivity contribution < 1.29 is 19.0 Å². The number of benzene rings is 1. The first kappa shape index (κ1) is 28.5. The Morgan fingerprint density at radius 2 is 1.84 bits per heavy atom. The Kier molecular flexibility index (Phi) is 8.04. The average molecular weight is 603 g/mol. The molecular formula is C30H38N10O4. The summed E-state index contributed by atoms with van der Waals surface area (Å²) in [6, 6.07) is 11.4. The number of nitrogen functional groups attached to an aromatic ring is 1. The molecule has 5 aromatic rings. The molecule has 2 aliphatic heterocycles. The number of fused-ring (bicyclic) bond motifs is 3. The van der Waals surface area contributed by atoms with E-state index in [4.69, 9.17) is 34.7 Å². The number of aromatic nitrogens is 6. The molecule has 14 heteroatoms. The molecule has 2 saturated heterocycles. The van der Waals surface area contributed by atoms with E-state index in [1.807, 2.05) is 16.8 Å². The van der Waals surface area contributed by atoms with Crippen LogP contribution in [0.3, 0.4) is 0 Å². The Hall–Kier alpha value is -4.24. The fraction of sp³-hybridized carbons (Fsp3) is 0.467. The number of piperazine rings is 1. The van der Waals surface area contributed by atoms with Gasteiger partial charge in [-0.2, -0.15) is 14.6 Å². The first-order valence-electron chi connectivity index (χ1n) is 15.1. The highest BCUT2D eigenvalue weighted by Crippen LogP contribution is 2.35. The van der Waals surface area contributed by atoms with E-state index in [1.54, 1.807) is 31.7 Å². The zero-order valence-corrected chi connectivity index (χ0v) is 24.7. The molecule has 232 valence electrons. The Balaban J connectivity index is 1.13. The fourth-order valence-corrected chi connectivity index (χ4v) is 6.37. The normalized spacial score (nSPS) is 18.3. The second-order valence-electron chi connectivity index (χ2n) is 11.3. The molecule has 0 spiro atoms. The summed E-state index contributed by atoms with van der Waals surface area (Å²) >= 11 is 0. The van der Waals surface area contributed by atoms with Crippen molar-refractivity contribution in [3.8, 4) is 17.3 Å². The predicted octanol–water partition coefficient (Wildman–Crippen LogP) is 2.02. The molecule has 0 aliphatic carbocycles. The van der Waals surface area contributed by atoms with E-state index in [0.29, 0.717) is 49.2 Å². The lowest BCUT2D eigenvalue weighted by atomic mass is 9.88. The first-order valence-corrected chi connectivity index (χ1v) is 15.1. The average Bonchev–Trinajstić information content (AvgIpc) is 3.83. The quantitative estimate of drug-likeness (QED) is 0.200. The lowest BCUT2D eigenvalue weighted by Gasteiger charge is -2.43. The van der Waals surface area contributed by atoms with E-state index in [2.05, 4.69) is 32.3 Å². The van der Waals surface area contributed by atoms with Crippen LogP contribution in [-0.2, 0) is 4.74 Å². The molecule has 2 fully saturated rings. The maximum absolute atomic E-state index is 12.0. The second kappa shape index (κ2) is 12.4. The molecule has 0 saturated carbocycles. The molecule has 14 nitrogen and oxygen atoms in total. The summed E-state index contributed by atoms with van der Waals surface area (Å²) in [6.07, 6.45) is 4.42. The molecule has 4 aromatic heterocycles. The summed E-state index contributed by atoms with van der Waals surface area (Å²) in [7, 11) is 1.66.